The number of morpholine rings is 1. The summed E-state index contributed by atoms with van der Waals surface area (Å²) in [5.74, 6) is 0. The molecule has 0 aromatic carbocycles. The van der Waals surface area contributed by atoms with Gasteiger partial charge in [0.15, 0.2) is 0 Å². The molecule has 2 heterocycles. The van der Waals surface area contributed by atoms with Crippen LogP contribution in [0.1, 0.15) is 32.1 Å². The van der Waals surface area contributed by atoms with Gasteiger partial charge in [0, 0.05) is 19.1 Å². The number of rotatable bonds is 1. The van der Waals surface area contributed by atoms with Crippen molar-refractivity contribution in [2.24, 2.45) is 0 Å². The molecular weight excluding hydrogens is 178 g/mol. The molecule has 4 atom stereocenters. The van der Waals surface area contributed by atoms with Crippen molar-refractivity contribution in [2.45, 2.75) is 56.5 Å². The van der Waals surface area contributed by atoms with Crippen LogP contribution >= 0.6 is 0 Å². The molecule has 2 aliphatic heterocycles. The molecule has 3 rings (SSSR count). The third kappa shape index (κ3) is 1.47. The highest BCUT2D eigenvalue weighted by atomic mass is 16.5. The van der Waals surface area contributed by atoms with E-state index in [0.29, 0.717) is 18.2 Å². The third-order valence-corrected chi connectivity index (χ3v) is 3.98. The lowest BCUT2D eigenvalue weighted by Crippen LogP contribution is -2.50. The summed E-state index contributed by atoms with van der Waals surface area (Å²) in [7, 11) is 0. The highest BCUT2D eigenvalue weighted by Crippen LogP contribution is 2.32. The van der Waals surface area contributed by atoms with Crippen molar-refractivity contribution in [2.75, 3.05) is 13.1 Å². The van der Waals surface area contributed by atoms with Gasteiger partial charge in [0.2, 0.25) is 0 Å². The molecule has 80 valence electrons. The monoisotopic (exact) mass is 197 g/mol. The Morgan fingerprint density at radius 2 is 1.71 bits per heavy atom. The summed E-state index contributed by atoms with van der Waals surface area (Å²) < 4.78 is 5.80. The first-order valence-corrected chi connectivity index (χ1v) is 5.90. The minimum atomic E-state index is -0.0764. The Morgan fingerprint density at radius 1 is 1.00 bits per heavy atom. The third-order valence-electron chi connectivity index (χ3n) is 3.98. The fourth-order valence-corrected chi connectivity index (χ4v) is 3.26. The predicted molar refractivity (Wildman–Crippen MR) is 53.1 cm³/mol. The van der Waals surface area contributed by atoms with E-state index in [1.165, 1.54) is 25.7 Å². The maximum atomic E-state index is 9.85. The summed E-state index contributed by atoms with van der Waals surface area (Å²) in [4.78, 5) is 2.48. The van der Waals surface area contributed by atoms with Gasteiger partial charge >= 0.3 is 0 Å². The van der Waals surface area contributed by atoms with E-state index in [0.717, 1.165) is 19.5 Å². The van der Waals surface area contributed by atoms with Crippen molar-refractivity contribution >= 4 is 0 Å². The lowest BCUT2D eigenvalue weighted by molar-refractivity contribution is -0.0668. The summed E-state index contributed by atoms with van der Waals surface area (Å²) >= 11 is 0. The zero-order valence-corrected chi connectivity index (χ0v) is 8.56. The van der Waals surface area contributed by atoms with Gasteiger partial charge in [-0.05, 0) is 32.1 Å². The molecule has 2 bridgehead atoms. The van der Waals surface area contributed by atoms with Crippen LogP contribution in [0.25, 0.3) is 0 Å². The van der Waals surface area contributed by atoms with E-state index in [9.17, 15) is 5.11 Å². The number of likely N-dealkylation sites (tertiary alicyclic amines) is 1. The van der Waals surface area contributed by atoms with Crippen molar-refractivity contribution in [3.8, 4) is 0 Å². The van der Waals surface area contributed by atoms with E-state index >= 15 is 0 Å². The predicted octanol–water partition coefficient (Wildman–Crippen LogP) is 0.763. The minimum absolute atomic E-state index is 0.0764. The first-order chi connectivity index (χ1) is 6.83. The Morgan fingerprint density at radius 3 is 2.29 bits per heavy atom. The van der Waals surface area contributed by atoms with Gasteiger partial charge in [0.05, 0.1) is 18.3 Å². The van der Waals surface area contributed by atoms with E-state index in [-0.39, 0.29) is 6.10 Å². The van der Waals surface area contributed by atoms with Gasteiger partial charge in [-0.2, -0.15) is 0 Å². The first kappa shape index (κ1) is 9.13. The summed E-state index contributed by atoms with van der Waals surface area (Å²) in [6.07, 6.45) is 6.67. The molecule has 4 unspecified atom stereocenters. The highest BCUT2D eigenvalue weighted by Gasteiger charge is 2.39. The molecule has 0 spiro atoms. The Kier molecular flexibility index (Phi) is 2.26. The summed E-state index contributed by atoms with van der Waals surface area (Å²) in [5.41, 5.74) is 0. The maximum absolute atomic E-state index is 9.85. The fraction of sp³-hybridized carbons (Fsp3) is 1.00. The van der Waals surface area contributed by atoms with Crippen LogP contribution in [0.2, 0.25) is 0 Å². The summed E-state index contributed by atoms with van der Waals surface area (Å²) in [6, 6.07) is 0.432. The maximum Gasteiger partial charge on any atom is 0.0707 e. The molecule has 3 fully saturated rings. The summed E-state index contributed by atoms with van der Waals surface area (Å²) in [6.45, 7) is 2.11. The van der Waals surface area contributed by atoms with Crippen LogP contribution in [0.5, 0.6) is 0 Å². The Balaban J connectivity index is 1.67. The lowest BCUT2D eigenvalue weighted by atomic mass is 10.1. The molecule has 1 saturated carbocycles. The van der Waals surface area contributed by atoms with E-state index in [1.807, 2.05) is 0 Å². The fourth-order valence-electron chi connectivity index (χ4n) is 3.26. The number of fused-ring (bicyclic) bond motifs is 2. The van der Waals surface area contributed by atoms with Gasteiger partial charge in [-0.25, -0.2) is 0 Å². The van der Waals surface area contributed by atoms with Gasteiger partial charge < -0.3 is 9.84 Å². The van der Waals surface area contributed by atoms with Crippen molar-refractivity contribution in [3.63, 3.8) is 0 Å². The largest absolute Gasteiger partial charge is 0.391 e. The number of aliphatic hydroxyl groups excluding tert-OH is 1. The highest BCUT2D eigenvalue weighted by molar-refractivity contribution is 4.92. The Bertz CT molecular complexity index is 209. The van der Waals surface area contributed by atoms with Gasteiger partial charge in [-0.1, -0.05) is 0 Å². The van der Waals surface area contributed by atoms with Crippen LogP contribution < -0.4 is 0 Å². The Labute approximate surface area is 85.0 Å². The normalized spacial score (nSPS) is 48.6. The number of aliphatic hydroxyl groups is 1. The standard InChI is InChI=1S/C11H19NO2/c13-11-3-1-2-10(11)12-6-8-4-5-9(7-12)14-8/h8-11,13H,1-7H2. The summed E-state index contributed by atoms with van der Waals surface area (Å²) in [5, 5.41) is 9.85. The number of nitrogens with zero attached hydrogens (tertiary/aromatic N) is 1. The van der Waals surface area contributed by atoms with Gasteiger partial charge in [-0.15, -0.1) is 0 Å². The molecule has 2 saturated heterocycles. The molecule has 14 heavy (non-hydrogen) atoms. The average molecular weight is 197 g/mol. The molecule has 0 amide bonds. The van der Waals surface area contributed by atoms with Crippen LogP contribution in [0, 0.1) is 0 Å². The molecule has 0 aromatic heterocycles. The van der Waals surface area contributed by atoms with Crippen LogP contribution in [-0.2, 0) is 4.74 Å². The van der Waals surface area contributed by atoms with Crippen molar-refractivity contribution < 1.29 is 9.84 Å². The Hall–Kier alpha value is -0.120. The first-order valence-electron chi connectivity index (χ1n) is 5.90. The van der Waals surface area contributed by atoms with E-state index in [4.69, 9.17) is 4.74 Å². The second-order valence-electron chi connectivity index (χ2n) is 4.98. The molecule has 1 aliphatic carbocycles. The molecule has 0 aromatic rings. The van der Waals surface area contributed by atoms with Crippen molar-refractivity contribution in [1.29, 1.82) is 0 Å². The molecule has 3 nitrogen and oxygen atoms in total. The lowest BCUT2D eigenvalue weighted by Gasteiger charge is -2.37. The SMILES string of the molecule is OC1CCCC1N1CC2CCC(C1)O2. The minimum Gasteiger partial charge on any atom is -0.391 e. The zero-order valence-electron chi connectivity index (χ0n) is 8.56. The molecule has 0 radical (unpaired) electrons. The van der Waals surface area contributed by atoms with Gasteiger partial charge in [0.25, 0.3) is 0 Å². The van der Waals surface area contributed by atoms with Crippen molar-refractivity contribution in [3.05, 3.63) is 0 Å². The smallest absolute Gasteiger partial charge is 0.0707 e. The van der Waals surface area contributed by atoms with Crippen LogP contribution in [0.15, 0.2) is 0 Å². The van der Waals surface area contributed by atoms with Gasteiger partial charge in [-0.3, -0.25) is 4.90 Å². The number of ether oxygens (including phenoxy) is 1. The number of hydrogen-bond acceptors (Lipinski definition) is 3. The van der Waals surface area contributed by atoms with Gasteiger partial charge in [0.1, 0.15) is 0 Å². The zero-order chi connectivity index (χ0) is 9.54. The molecule has 3 aliphatic rings. The van der Waals surface area contributed by atoms with E-state index in [2.05, 4.69) is 4.90 Å². The second-order valence-corrected chi connectivity index (χ2v) is 4.98. The second kappa shape index (κ2) is 3.47. The van der Waals surface area contributed by atoms with Crippen LogP contribution in [0.3, 0.4) is 0 Å². The van der Waals surface area contributed by atoms with E-state index in [1.54, 1.807) is 0 Å². The topological polar surface area (TPSA) is 32.7 Å². The van der Waals surface area contributed by atoms with Crippen LogP contribution in [-0.4, -0.2) is 47.4 Å². The van der Waals surface area contributed by atoms with E-state index < -0.39 is 0 Å². The molecule has 1 N–H and O–H groups in total. The molecule has 3 heteroatoms. The quantitative estimate of drug-likeness (QED) is 0.673. The van der Waals surface area contributed by atoms with Crippen molar-refractivity contribution in [1.82, 2.24) is 4.90 Å². The average Bonchev–Trinajstić information content (AvgIpc) is 2.73. The van der Waals surface area contributed by atoms with Crippen LogP contribution in [0.4, 0.5) is 0 Å². The number of hydrogen-bond donors (Lipinski definition) is 1. The molecular formula is C11H19NO2.